The zero-order chi connectivity index (χ0) is 14.3. The third kappa shape index (κ3) is 4.75. The predicted molar refractivity (Wildman–Crippen MR) is 77.0 cm³/mol. The molecule has 0 aromatic rings. The van der Waals surface area contributed by atoms with Gasteiger partial charge in [0.2, 0.25) is 5.91 Å². The van der Waals surface area contributed by atoms with Crippen molar-refractivity contribution < 1.29 is 9.53 Å². The maximum absolute atomic E-state index is 11.7. The van der Waals surface area contributed by atoms with Crippen LogP contribution in [-0.2, 0) is 9.53 Å². The van der Waals surface area contributed by atoms with E-state index in [1.807, 2.05) is 6.92 Å². The van der Waals surface area contributed by atoms with Crippen molar-refractivity contribution in [3.63, 3.8) is 0 Å². The summed E-state index contributed by atoms with van der Waals surface area (Å²) in [5.41, 5.74) is 4.95. The molecule has 19 heavy (non-hydrogen) atoms. The highest BCUT2D eigenvalue weighted by molar-refractivity contribution is 5.84. The number of ether oxygens (including phenoxy) is 1. The van der Waals surface area contributed by atoms with E-state index in [4.69, 9.17) is 10.5 Å². The zero-order valence-electron chi connectivity index (χ0n) is 12.6. The standard InChI is InChI=1S/C14H29N3O2/c1-4-7-16-14(3,13(15)18)6-8-17-9-10-19-11-12(17)5-2/h12,16H,4-11H2,1-3H3,(H2,15,18). The molecule has 2 atom stereocenters. The summed E-state index contributed by atoms with van der Waals surface area (Å²) in [5, 5.41) is 3.29. The van der Waals surface area contributed by atoms with Gasteiger partial charge in [-0.05, 0) is 32.7 Å². The SMILES string of the molecule is CCCNC(C)(CCN1CCOCC1CC)C(N)=O. The number of carbonyl (C=O) groups excluding carboxylic acids is 1. The molecule has 1 fully saturated rings. The molecule has 1 rings (SSSR count). The van der Waals surface area contributed by atoms with Gasteiger partial charge in [-0.25, -0.2) is 0 Å². The van der Waals surface area contributed by atoms with Crippen molar-refractivity contribution in [3.05, 3.63) is 0 Å². The Morgan fingerprint density at radius 1 is 1.53 bits per heavy atom. The monoisotopic (exact) mass is 271 g/mol. The molecule has 1 saturated heterocycles. The molecule has 0 aliphatic carbocycles. The first kappa shape index (κ1) is 16.4. The molecule has 1 aliphatic heterocycles. The molecule has 2 unspecified atom stereocenters. The van der Waals surface area contributed by atoms with E-state index in [2.05, 4.69) is 24.1 Å². The van der Waals surface area contributed by atoms with Crippen LogP contribution in [0.15, 0.2) is 0 Å². The van der Waals surface area contributed by atoms with Crippen LogP contribution < -0.4 is 11.1 Å². The van der Waals surface area contributed by atoms with Gasteiger partial charge in [-0.1, -0.05) is 13.8 Å². The summed E-state index contributed by atoms with van der Waals surface area (Å²) in [7, 11) is 0. The second-order valence-electron chi connectivity index (χ2n) is 5.55. The fourth-order valence-electron chi connectivity index (χ4n) is 2.43. The zero-order valence-corrected chi connectivity index (χ0v) is 12.6. The summed E-state index contributed by atoms with van der Waals surface area (Å²) in [6.45, 7) is 10.4. The van der Waals surface area contributed by atoms with Gasteiger partial charge in [0.05, 0.1) is 18.8 Å². The molecular weight excluding hydrogens is 242 g/mol. The molecule has 5 nitrogen and oxygen atoms in total. The Labute approximate surface area is 116 Å². The molecular formula is C14H29N3O2. The second kappa shape index (κ2) is 7.82. The van der Waals surface area contributed by atoms with E-state index in [1.165, 1.54) is 0 Å². The van der Waals surface area contributed by atoms with Gasteiger partial charge < -0.3 is 15.8 Å². The number of nitrogens with one attached hydrogen (secondary N) is 1. The first-order chi connectivity index (χ1) is 9.03. The Morgan fingerprint density at radius 2 is 2.26 bits per heavy atom. The number of amides is 1. The fraction of sp³-hybridized carbons (Fsp3) is 0.929. The van der Waals surface area contributed by atoms with Crippen LogP contribution in [0.25, 0.3) is 0 Å². The van der Waals surface area contributed by atoms with Crippen molar-refractivity contribution in [2.45, 2.75) is 51.6 Å². The molecule has 5 heteroatoms. The lowest BCUT2D eigenvalue weighted by Crippen LogP contribution is -2.56. The maximum Gasteiger partial charge on any atom is 0.237 e. The molecule has 1 heterocycles. The van der Waals surface area contributed by atoms with Crippen molar-refractivity contribution in [3.8, 4) is 0 Å². The van der Waals surface area contributed by atoms with E-state index >= 15 is 0 Å². The van der Waals surface area contributed by atoms with Gasteiger partial charge in [0.15, 0.2) is 0 Å². The van der Waals surface area contributed by atoms with Crippen LogP contribution in [0.5, 0.6) is 0 Å². The van der Waals surface area contributed by atoms with Gasteiger partial charge in [0, 0.05) is 19.1 Å². The summed E-state index contributed by atoms with van der Waals surface area (Å²) in [6.07, 6.45) is 2.83. The van der Waals surface area contributed by atoms with Gasteiger partial charge in [-0.15, -0.1) is 0 Å². The number of carbonyl (C=O) groups is 1. The Kier molecular flexibility index (Phi) is 6.75. The van der Waals surface area contributed by atoms with E-state index in [0.717, 1.165) is 52.1 Å². The molecule has 0 radical (unpaired) electrons. The lowest BCUT2D eigenvalue weighted by Gasteiger charge is -2.37. The summed E-state index contributed by atoms with van der Waals surface area (Å²) in [5.74, 6) is -0.262. The van der Waals surface area contributed by atoms with Crippen LogP contribution in [0.4, 0.5) is 0 Å². The maximum atomic E-state index is 11.7. The molecule has 0 spiro atoms. The minimum absolute atomic E-state index is 0.262. The molecule has 1 amide bonds. The molecule has 0 bridgehead atoms. The Bertz CT molecular complexity index is 286. The average Bonchev–Trinajstić information content (AvgIpc) is 2.43. The van der Waals surface area contributed by atoms with Crippen molar-refractivity contribution >= 4 is 5.91 Å². The number of hydrogen-bond donors (Lipinski definition) is 2. The molecule has 3 N–H and O–H groups in total. The van der Waals surface area contributed by atoms with Gasteiger partial charge in [-0.3, -0.25) is 9.69 Å². The van der Waals surface area contributed by atoms with Crippen molar-refractivity contribution in [2.24, 2.45) is 5.73 Å². The minimum Gasteiger partial charge on any atom is -0.378 e. The van der Waals surface area contributed by atoms with Crippen LogP contribution in [0.2, 0.25) is 0 Å². The van der Waals surface area contributed by atoms with E-state index in [0.29, 0.717) is 6.04 Å². The number of hydrogen-bond acceptors (Lipinski definition) is 4. The van der Waals surface area contributed by atoms with Gasteiger partial charge >= 0.3 is 0 Å². The average molecular weight is 271 g/mol. The highest BCUT2D eigenvalue weighted by Crippen LogP contribution is 2.15. The predicted octanol–water partition coefficient (Wildman–Crippen LogP) is 0.731. The first-order valence-corrected chi connectivity index (χ1v) is 7.40. The van der Waals surface area contributed by atoms with Gasteiger partial charge in [-0.2, -0.15) is 0 Å². The summed E-state index contributed by atoms with van der Waals surface area (Å²) in [6, 6.07) is 0.469. The van der Waals surface area contributed by atoms with E-state index < -0.39 is 5.54 Å². The van der Waals surface area contributed by atoms with E-state index in [-0.39, 0.29) is 5.91 Å². The molecule has 1 aliphatic rings. The second-order valence-corrected chi connectivity index (χ2v) is 5.55. The van der Waals surface area contributed by atoms with Crippen molar-refractivity contribution in [2.75, 3.05) is 32.8 Å². The highest BCUT2D eigenvalue weighted by atomic mass is 16.5. The Morgan fingerprint density at radius 3 is 2.84 bits per heavy atom. The first-order valence-electron chi connectivity index (χ1n) is 7.40. The Hall–Kier alpha value is -0.650. The van der Waals surface area contributed by atoms with E-state index in [9.17, 15) is 4.79 Å². The quantitative estimate of drug-likeness (QED) is 0.683. The third-order valence-corrected chi connectivity index (χ3v) is 4.03. The highest BCUT2D eigenvalue weighted by Gasteiger charge is 2.32. The van der Waals surface area contributed by atoms with Gasteiger partial charge in [0.1, 0.15) is 0 Å². The van der Waals surface area contributed by atoms with Crippen molar-refractivity contribution in [1.82, 2.24) is 10.2 Å². The summed E-state index contributed by atoms with van der Waals surface area (Å²) >= 11 is 0. The lowest BCUT2D eigenvalue weighted by molar-refractivity contribution is -0.124. The number of rotatable bonds is 8. The number of primary amides is 1. The van der Waals surface area contributed by atoms with Crippen LogP contribution in [-0.4, -0.2) is 55.2 Å². The fourth-order valence-corrected chi connectivity index (χ4v) is 2.43. The van der Waals surface area contributed by atoms with Crippen LogP contribution in [0.3, 0.4) is 0 Å². The smallest absolute Gasteiger partial charge is 0.237 e. The lowest BCUT2D eigenvalue weighted by atomic mass is 9.95. The molecule has 112 valence electrons. The Balaban J connectivity index is 2.52. The largest absolute Gasteiger partial charge is 0.378 e. The summed E-state index contributed by atoms with van der Waals surface area (Å²) in [4.78, 5) is 14.1. The minimum atomic E-state index is -0.605. The topological polar surface area (TPSA) is 67.6 Å². The van der Waals surface area contributed by atoms with Crippen LogP contribution in [0, 0.1) is 0 Å². The normalized spacial score (nSPS) is 24.1. The van der Waals surface area contributed by atoms with Crippen LogP contribution in [0.1, 0.15) is 40.0 Å². The number of nitrogens with zero attached hydrogens (tertiary/aromatic N) is 1. The number of morpholine rings is 1. The molecule has 0 aromatic carbocycles. The molecule has 0 aromatic heterocycles. The summed E-state index contributed by atoms with van der Waals surface area (Å²) < 4.78 is 5.50. The van der Waals surface area contributed by atoms with Crippen LogP contribution >= 0.6 is 0 Å². The van der Waals surface area contributed by atoms with E-state index in [1.54, 1.807) is 0 Å². The van der Waals surface area contributed by atoms with Crippen molar-refractivity contribution in [1.29, 1.82) is 0 Å². The number of nitrogens with two attached hydrogens (primary N) is 1. The van der Waals surface area contributed by atoms with Gasteiger partial charge in [0.25, 0.3) is 0 Å². The third-order valence-electron chi connectivity index (χ3n) is 4.03. The molecule has 0 saturated carbocycles.